The fourth-order valence-corrected chi connectivity index (χ4v) is 4.59. The van der Waals surface area contributed by atoms with Crippen LogP contribution in [0.4, 0.5) is 11.4 Å². The summed E-state index contributed by atoms with van der Waals surface area (Å²) in [5.41, 5.74) is 3.58. The molecule has 0 spiro atoms. The fourth-order valence-electron chi connectivity index (χ4n) is 3.16. The van der Waals surface area contributed by atoms with Crippen molar-refractivity contribution in [1.29, 1.82) is 0 Å². The van der Waals surface area contributed by atoms with E-state index in [1.165, 1.54) is 11.3 Å². The van der Waals surface area contributed by atoms with Crippen LogP contribution in [0.5, 0.6) is 5.88 Å². The average Bonchev–Trinajstić information content (AvgIpc) is 3.26. The summed E-state index contributed by atoms with van der Waals surface area (Å²) in [6.45, 7) is 0.461. The number of aromatic hydroxyl groups is 1. The Morgan fingerprint density at radius 1 is 1.23 bits per heavy atom. The van der Waals surface area contributed by atoms with Crippen molar-refractivity contribution in [1.82, 2.24) is 4.57 Å². The van der Waals surface area contributed by atoms with Gasteiger partial charge < -0.3 is 10.4 Å². The lowest BCUT2D eigenvalue weighted by Gasteiger charge is -2.07. The number of hydrogen-bond donors (Lipinski definition) is 2. The van der Waals surface area contributed by atoms with Gasteiger partial charge >= 0.3 is 0 Å². The maximum Gasteiger partial charge on any atom is 0.224 e. The van der Waals surface area contributed by atoms with E-state index in [1.807, 2.05) is 30.3 Å². The lowest BCUT2D eigenvalue weighted by molar-refractivity contribution is -0.116. The van der Waals surface area contributed by atoms with Crippen LogP contribution in [0.2, 0.25) is 5.02 Å². The molecule has 0 radical (unpaired) electrons. The largest absolute Gasteiger partial charge is 0.493 e. The number of hydrogen-bond acceptors (Lipinski definition) is 5. The van der Waals surface area contributed by atoms with Crippen molar-refractivity contribution in [3.05, 3.63) is 67.9 Å². The number of para-hydroxylation sites is 1. The highest BCUT2D eigenvalue weighted by molar-refractivity contribution is 7.73. The van der Waals surface area contributed by atoms with E-state index in [1.54, 1.807) is 35.0 Å². The van der Waals surface area contributed by atoms with E-state index in [2.05, 4.69) is 10.3 Å². The first-order valence-corrected chi connectivity index (χ1v) is 10.9. The molecule has 1 aromatic heterocycles. The normalized spacial score (nSPS) is 13.6. The van der Waals surface area contributed by atoms with Crippen molar-refractivity contribution >= 4 is 70.3 Å². The van der Waals surface area contributed by atoms with E-state index in [-0.39, 0.29) is 11.8 Å². The molecule has 0 saturated carbocycles. The molecule has 0 unspecified atom stereocenters. The predicted octanol–water partition coefficient (Wildman–Crippen LogP) is 6.31. The van der Waals surface area contributed by atoms with E-state index < -0.39 is 0 Å². The van der Waals surface area contributed by atoms with Gasteiger partial charge in [-0.3, -0.25) is 14.4 Å². The van der Waals surface area contributed by atoms with Crippen molar-refractivity contribution < 1.29 is 9.90 Å². The van der Waals surface area contributed by atoms with Gasteiger partial charge in [0.05, 0.1) is 10.6 Å². The number of nitrogens with one attached hydrogen (secondary N) is 1. The Labute approximate surface area is 188 Å². The number of thiazole rings is 1. The molecular weight excluding hydrogens is 438 g/mol. The van der Waals surface area contributed by atoms with Crippen LogP contribution >= 0.6 is 35.2 Å². The summed E-state index contributed by atoms with van der Waals surface area (Å²) < 4.78 is 2.24. The second-order valence-electron chi connectivity index (χ2n) is 6.74. The van der Waals surface area contributed by atoms with Gasteiger partial charge in [-0.05, 0) is 55.0 Å². The summed E-state index contributed by atoms with van der Waals surface area (Å²) in [6.07, 6.45) is 4.56. The molecule has 3 aromatic rings. The Balaban J connectivity index is 1.40. The summed E-state index contributed by atoms with van der Waals surface area (Å²) >= 11 is 12.6. The quantitative estimate of drug-likeness (QED) is 0.428. The Morgan fingerprint density at radius 2 is 2.00 bits per heavy atom. The Bertz CT molecular complexity index is 1210. The van der Waals surface area contributed by atoms with Gasteiger partial charge in [-0.25, -0.2) is 0 Å². The fraction of sp³-hybridized carbons (Fsp3) is 0.136. The molecule has 30 heavy (non-hydrogen) atoms. The van der Waals surface area contributed by atoms with Gasteiger partial charge in [0, 0.05) is 41.0 Å². The minimum atomic E-state index is -0.0975. The number of fused-ring (bicyclic) bond motifs is 1. The highest BCUT2D eigenvalue weighted by Crippen LogP contribution is 2.35. The molecule has 152 valence electrons. The molecule has 0 saturated heterocycles. The second kappa shape index (κ2) is 8.95. The van der Waals surface area contributed by atoms with E-state index in [0.717, 1.165) is 16.8 Å². The van der Waals surface area contributed by atoms with Crippen LogP contribution in [-0.4, -0.2) is 21.8 Å². The summed E-state index contributed by atoms with van der Waals surface area (Å²) in [7, 11) is 0. The van der Waals surface area contributed by atoms with Gasteiger partial charge in [0.2, 0.25) is 11.8 Å². The SMILES string of the molecule is O=C(CCCn1c(O)c(/C=C2\C=Nc3ccccc32)sc1=S)Nc1ccc(Cl)cc1. The molecule has 0 atom stereocenters. The first-order chi connectivity index (χ1) is 14.5. The molecule has 0 aliphatic carbocycles. The van der Waals surface area contributed by atoms with Crippen LogP contribution in [-0.2, 0) is 11.3 Å². The molecule has 1 aliphatic rings. The molecule has 2 heterocycles. The van der Waals surface area contributed by atoms with Gasteiger partial charge in [0.15, 0.2) is 3.95 Å². The molecule has 1 aliphatic heterocycles. The number of carbonyl (C=O) groups excluding carboxylic acids is 1. The van der Waals surface area contributed by atoms with Crippen LogP contribution < -0.4 is 5.32 Å². The van der Waals surface area contributed by atoms with Crippen molar-refractivity contribution in [2.24, 2.45) is 4.99 Å². The number of anilines is 1. The van der Waals surface area contributed by atoms with Gasteiger partial charge in [-0.1, -0.05) is 29.8 Å². The van der Waals surface area contributed by atoms with E-state index >= 15 is 0 Å². The van der Waals surface area contributed by atoms with Crippen LogP contribution in [0.15, 0.2) is 53.5 Å². The highest BCUT2D eigenvalue weighted by Gasteiger charge is 2.15. The van der Waals surface area contributed by atoms with Gasteiger partial charge in [-0.15, -0.1) is 11.3 Å². The van der Waals surface area contributed by atoms with E-state index in [9.17, 15) is 9.90 Å². The Kier molecular flexibility index (Phi) is 6.13. The number of aliphatic imine (C=N–C) groups is 1. The van der Waals surface area contributed by atoms with E-state index in [0.29, 0.717) is 38.9 Å². The number of nitrogens with zero attached hydrogens (tertiary/aromatic N) is 2. The standard InChI is InChI=1S/C22H18ClN3O2S2/c23-15-7-9-16(10-8-15)25-20(27)6-3-11-26-21(28)19(30-22(26)29)12-14-13-24-18-5-2-1-4-17(14)18/h1-2,4-5,7-10,12-13,28H,3,6,11H2,(H,25,27)/b14-12+. The zero-order chi connectivity index (χ0) is 21.1. The summed E-state index contributed by atoms with van der Waals surface area (Å²) in [4.78, 5) is 17.2. The first kappa shape index (κ1) is 20.5. The third kappa shape index (κ3) is 4.53. The van der Waals surface area contributed by atoms with E-state index in [4.69, 9.17) is 23.8 Å². The molecule has 2 N–H and O–H groups in total. The molecule has 0 bridgehead atoms. The zero-order valence-corrected chi connectivity index (χ0v) is 18.2. The van der Waals surface area contributed by atoms with Gasteiger partial charge in [-0.2, -0.15) is 0 Å². The minimum Gasteiger partial charge on any atom is -0.493 e. The highest BCUT2D eigenvalue weighted by atomic mass is 35.5. The number of amides is 1. The van der Waals surface area contributed by atoms with Crippen LogP contribution in [0, 0.1) is 3.95 Å². The smallest absolute Gasteiger partial charge is 0.224 e. The number of halogens is 1. The minimum absolute atomic E-state index is 0.0975. The number of carbonyl (C=O) groups is 1. The van der Waals surface area contributed by atoms with Crippen LogP contribution in [0.1, 0.15) is 23.3 Å². The zero-order valence-electron chi connectivity index (χ0n) is 15.8. The summed E-state index contributed by atoms with van der Waals surface area (Å²) in [6, 6.07) is 14.8. The lowest BCUT2D eigenvalue weighted by Crippen LogP contribution is -2.12. The van der Waals surface area contributed by atoms with Crippen molar-refractivity contribution in [3.63, 3.8) is 0 Å². The predicted molar refractivity (Wildman–Crippen MR) is 127 cm³/mol. The monoisotopic (exact) mass is 455 g/mol. The topological polar surface area (TPSA) is 66.6 Å². The number of allylic oxidation sites excluding steroid dienone is 1. The maximum absolute atomic E-state index is 12.1. The second-order valence-corrected chi connectivity index (χ2v) is 8.85. The summed E-state index contributed by atoms with van der Waals surface area (Å²) in [5, 5.41) is 14.1. The molecular formula is C22H18ClN3O2S2. The van der Waals surface area contributed by atoms with Crippen molar-refractivity contribution in [2.45, 2.75) is 19.4 Å². The molecule has 0 fully saturated rings. The number of rotatable bonds is 6. The first-order valence-electron chi connectivity index (χ1n) is 9.34. The molecule has 2 aromatic carbocycles. The van der Waals surface area contributed by atoms with Crippen molar-refractivity contribution in [3.8, 4) is 5.88 Å². The number of aromatic nitrogens is 1. The molecule has 1 amide bonds. The van der Waals surface area contributed by atoms with Crippen molar-refractivity contribution in [2.75, 3.05) is 5.32 Å². The third-order valence-electron chi connectivity index (χ3n) is 4.65. The lowest BCUT2D eigenvalue weighted by atomic mass is 10.1. The molecule has 4 rings (SSSR count). The maximum atomic E-state index is 12.1. The Hall–Kier alpha value is -2.74. The molecule has 5 nitrogen and oxygen atoms in total. The van der Waals surface area contributed by atoms with Crippen LogP contribution in [0.25, 0.3) is 11.6 Å². The average molecular weight is 456 g/mol. The van der Waals surface area contributed by atoms with Gasteiger partial charge in [0.25, 0.3) is 0 Å². The van der Waals surface area contributed by atoms with Crippen LogP contribution in [0.3, 0.4) is 0 Å². The third-order valence-corrected chi connectivity index (χ3v) is 6.29. The summed E-state index contributed by atoms with van der Waals surface area (Å²) in [5.74, 6) is 0.0214. The van der Waals surface area contributed by atoms with Gasteiger partial charge in [0.1, 0.15) is 0 Å². The number of benzene rings is 2. The molecule has 8 heteroatoms. The Morgan fingerprint density at radius 3 is 2.80 bits per heavy atom.